The average molecular weight is 391 g/mol. The van der Waals surface area contributed by atoms with Crippen LogP contribution >= 0.6 is 39.1 Å². The van der Waals surface area contributed by atoms with Crippen LogP contribution in [-0.2, 0) is 4.79 Å². The molecule has 2 aromatic rings. The third-order valence-corrected chi connectivity index (χ3v) is 5.28. The van der Waals surface area contributed by atoms with Crippen molar-refractivity contribution in [2.75, 3.05) is 0 Å². The van der Waals surface area contributed by atoms with Crippen LogP contribution in [0.25, 0.3) is 10.9 Å². The fourth-order valence-electron chi connectivity index (χ4n) is 2.07. The number of aromatic hydroxyl groups is 1. The number of halogens is 3. The smallest absolute Gasteiger partial charge is 0.273 e. The normalized spacial score (nSPS) is 23.8. The maximum Gasteiger partial charge on any atom is 0.273 e. The molecule has 1 unspecified atom stereocenters. The van der Waals surface area contributed by atoms with Crippen molar-refractivity contribution >= 4 is 61.6 Å². The van der Waals surface area contributed by atoms with Gasteiger partial charge in [0.2, 0.25) is 5.88 Å². The first-order valence-electron chi connectivity index (χ1n) is 6.09. The number of nitrogens with zero attached hydrogens (tertiary/aromatic N) is 2. The van der Waals surface area contributed by atoms with Gasteiger partial charge < -0.3 is 10.1 Å². The van der Waals surface area contributed by atoms with Crippen molar-refractivity contribution < 1.29 is 9.90 Å². The molecule has 1 fully saturated rings. The first kappa shape index (κ1) is 14.8. The lowest BCUT2D eigenvalue weighted by atomic mass is 10.1. The molecule has 0 bridgehead atoms. The maximum atomic E-state index is 12.0. The summed E-state index contributed by atoms with van der Waals surface area (Å²) >= 11 is 15.2. The van der Waals surface area contributed by atoms with Gasteiger partial charge in [0.25, 0.3) is 5.91 Å². The Balaban J connectivity index is 1.95. The first-order chi connectivity index (χ1) is 9.74. The lowest BCUT2D eigenvalue weighted by Gasteiger charge is -2.04. The maximum absolute atomic E-state index is 12.0. The van der Waals surface area contributed by atoms with E-state index in [4.69, 9.17) is 23.2 Å². The fraction of sp³-hybridized carbons (Fsp3) is 0.308. The Morgan fingerprint density at radius 1 is 1.48 bits per heavy atom. The summed E-state index contributed by atoms with van der Waals surface area (Å²) in [5, 5.41) is 18.0. The molecule has 0 spiro atoms. The monoisotopic (exact) mass is 389 g/mol. The van der Waals surface area contributed by atoms with Crippen molar-refractivity contribution in [3.63, 3.8) is 0 Å². The molecule has 3 rings (SSSR count). The molecule has 5 nitrogen and oxygen atoms in total. The number of carbonyl (C=O) groups is 1. The Bertz CT molecular complexity index is 787. The van der Waals surface area contributed by atoms with Crippen LogP contribution in [0.1, 0.15) is 13.3 Å². The Labute approximate surface area is 138 Å². The van der Waals surface area contributed by atoms with Gasteiger partial charge in [-0.1, -0.05) is 15.9 Å². The Kier molecular flexibility index (Phi) is 3.31. The van der Waals surface area contributed by atoms with E-state index in [-0.39, 0.29) is 11.6 Å². The van der Waals surface area contributed by atoms with Gasteiger partial charge in [-0.25, -0.2) is 0 Å². The van der Waals surface area contributed by atoms with Crippen LogP contribution in [0.5, 0.6) is 5.88 Å². The second kappa shape index (κ2) is 4.69. The summed E-state index contributed by atoms with van der Waals surface area (Å²) < 4.78 is -0.263. The summed E-state index contributed by atoms with van der Waals surface area (Å²) in [5.41, 5.74) is -0.0144. The van der Waals surface area contributed by atoms with E-state index < -0.39 is 15.7 Å². The highest BCUT2D eigenvalue weighted by atomic mass is 79.9. The molecule has 21 heavy (non-hydrogen) atoms. The topological polar surface area (TPSA) is 77.8 Å². The van der Waals surface area contributed by atoms with Crippen LogP contribution in [-0.4, -0.2) is 20.3 Å². The number of benzene rings is 1. The molecule has 1 atom stereocenters. The number of nitrogens with one attached hydrogen (secondary N) is 1. The molecule has 1 aromatic heterocycles. The third kappa shape index (κ3) is 2.35. The quantitative estimate of drug-likeness (QED) is 0.568. The number of amides is 1. The van der Waals surface area contributed by atoms with E-state index in [1.54, 1.807) is 19.1 Å². The van der Waals surface area contributed by atoms with Crippen LogP contribution in [0.4, 0.5) is 5.69 Å². The zero-order valence-corrected chi connectivity index (χ0v) is 13.9. The van der Waals surface area contributed by atoms with E-state index in [1.165, 1.54) is 0 Å². The molecule has 1 aliphatic carbocycles. The van der Waals surface area contributed by atoms with Gasteiger partial charge in [-0.3, -0.25) is 4.79 Å². The number of rotatable bonds is 2. The molecule has 1 heterocycles. The van der Waals surface area contributed by atoms with Crippen LogP contribution < -0.4 is 0 Å². The molecule has 110 valence electrons. The van der Waals surface area contributed by atoms with E-state index in [9.17, 15) is 9.90 Å². The molecule has 2 N–H and O–H groups in total. The summed E-state index contributed by atoms with van der Waals surface area (Å²) in [6, 6.07) is 5.38. The van der Waals surface area contributed by atoms with Gasteiger partial charge >= 0.3 is 0 Å². The predicted octanol–water partition coefficient (Wildman–Crippen LogP) is 4.83. The van der Waals surface area contributed by atoms with Crippen molar-refractivity contribution in [3.8, 4) is 5.88 Å². The number of hydrogen-bond donors (Lipinski definition) is 2. The van der Waals surface area contributed by atoms with Gasteiger partial charge in [-0.2, -0.15) is 0 Å². The van der Waals surface area contributed by atoms with Crippen molar-refractivity contribution in [2.24, 2.45) is 15.6 Å². The minimum Gasteiger partial charge on any atom is -0.493 e. The summed E-state index contributed by atoms with van der Waals surface area (Å²) in [5.74, 6) is -0.653. The number of hydrogen-bond acceptors (Lipinski definition) is 3. The minimum absolute atomic E-state index is 0.149. The molecule has 0 radical (unpaired) electrons. The Morgan fingerprint density at radius 2 is 2.14 bits per heavy atom. The number of aromatic nitrogens is 1. The molecule has 0 saturated heterocycles. The molecule has 0 aliphatic heterocycles. The lowest BCUT2D eigenvalue weighted by Crippen LogP contribution is -2.15. The summed E-state index contributed by atoms with van der Waals surface area (Å²) in [6.45, 7) is 1.64. The number of aromatic amines is 1. The largest absolute Gasteiger partial charge is 0.493 e. The highest BCUT2D eigenvalue weighted by Gasteiger charge is 2.68. The second-order valence-corrected chi connectivity index (χ2v) is 7.63. The molecule has 8 heteroatoms. The lowest BCUT2D eigenvalue weighted by molar-refractivity contribution is -0.122. The molecule has 1 aromatic carbocycles. The number of alkyl halides is 2. The SMILES string of the molecule is CC1(C(=O)N=Nc2c(O)[nH]c3ccc(Br)cc23)CC1(Cl)Cl. The fourth-order valence-corrected chi connectivity index (χ4v) is 3.13. The molecular weight excluding hydrogens is 381 g/mol. The van der Waals surface area contributed by atoms with Gasteiger partial charge in [0, 0.05) is 9.86 Å². The second-order valence-electron chi connectivity index (χ2n) is 5.23. The molecule has 1 aliphatic rings. The van der Waals surface area contributed by atoms with Gasteiger partial charge in [0.1, 0.15) is 4.33 Å². The number of H-pyrrole nitrogens is 1. The minimum atomic E-state index is -1.09. The van der Waals surface area contributed by atoms with Crippen molar-refractivity contribution in [2.45, 2.75) is 17.7 Å². The van der Waals surface area contributed by atoms with Crippen LogP contribution in [0.2, 0.25) is 0 Å². The number of fused-ring (bicyclic) bond motifs is 1. The highest BCUT2D eigenvalue weighted by Crippen LogP contribution is 2.64. The van der Waals surface area contributed by atoms with E-state index in [0.29, 0.717) is 17.3 Å². The van der Waals surface area contributed by atoms with Crippen LogP contribution in [0.15, 0.2) is 32.9 Å². The molecule has 1 saturated carbocycles. The number of carbonyl (C=O) groups excluding carboxylic acids is 1. The van der Waals surface area contributed by atoms with E-state index in [2.05, 4.69) is 31.1 Å². The van der Waals surface area contributed by atoms with Gasteiger partial charge in [-0.05, 0) is 31.5 Å². The van der Waals surface area contributed by atoms with Crippen LogP contribution in [0, 0.1) is 5.41 Å². The van der Waals surface area contributed by atoms with E-state index in [0.717, 1.165) is 4.47 Å². The van der Waals surface area contributed by atoms with Gasteiger partial charge in [-0.15, -0.1) is 33.4 Å². The van der Waals surface area contributed by atoms with Crippen molar-refractivity contribution in [1.82, 2.24) is 4.98 Å². The van der Waals surface area contributed by atoms with E-state index >= 15 is 0 Å². The molecule has 1 amide bonds. The van der Waals surface area contributed by atoms with Gasteiger partial charge in [0.05, 0.1) is 10.9 Å². The van der Waals surface area contributed by atoms with Crippen molar-refractivity contribution in [3.05, 3.63) is 22.7 Å². The standard InChI is InChI=1S/C13H10BrCl2N3O2/c1-12(5-13(12,15)16)11(21)19-18-9-7-4-6(14)2-3-8(7)17-10(9)20/h2-4,17,20H,5H2,1H3. The Morgan fingerprint density at radius 3 is 2.76 bits per heavy atom. The summed E-state index contributed by atoms with van der Waals surface area (Å²) in [6.07, 6.45) is 0.340. The molecular formula is C13H10BrCl2N3O2. The third-order valence-electron chi connectivity index (χ3n) is 3.68. The average Bonchev–Trinajstić information content (AvgIpc) is 2.77. The summed E-state index contributed by atoms with van der Waals surface area (Å²) in [7, 11) is 0. The zero-order chi connectivity index (χ0) is 15.4. The van der Waals surface area contributed by atoms with Gasteiger partial charge in [0.15, 0.2) is 5.69 Å². The van der Waals surface area contributed by atoms with Crippen LogP contribution in [0.3, 0.4) is 0 Å². The van der Waals surface area contributed by atoms with Crippen molar-refractivity contribution in [1.29, 1.82) is 0 Å². The predicted molar refractivity (Wildman–Crippen MR) is 84.3 cm³/mol. The highest BCUT2D eigenvalue weighted by molar-refractivity contribution is 9.10. The first-order valence-corrected chi connectivity index (χ1v) is 7.64. The summed E-state index contributed by atoms with van der Waals surface area (Å²) in [4.78, 5) is 14.8. The van der Waals surface area contributed by atoms with E-state index in [1.807, 2.05) is 6.07 Å². The number of azo groups is 1. The zero-order valence-electron chi connectivity index (χ0n) is 10.8. The Hall–Kier alpha value is -1.11.